The average molecular weight is 236 g/mol. The molecule has 0 fully saturated rings. The fourth-order valence-corrected chi connectivity index (χ4v) is 1.63. The zero-order valence-corrected chi connectivity index (χ0v) is 10.4. The van der Waals surface area contributed by atoms with Crippen LogP contribution in [0.25, 0.3) is 0 Å². The van der Waals surface area contributed by atoms with Crippen molar-refractivity contribution >= 4 is 11.8 Å². The lowest BCUT2D eigenvalue weighted by molar-refractivity contribution is -0.138. The molecule has 1 aliphatic rings. The Hall–Kier alpha value is -1.38. The van der Waals surface area contributed by atoms with Gasteiger partial charge in [-0.2, -0.15) is 0 Å². The molecule has 1 rings (SSSR count). The molecule has 0 spiro atoms. The highest BCUT2D eigenvalue weighted by atomic mass is 16.5. The van der Waals surface area contributed by atoms with Gasteiger partial charge in [0.15, 0.2) is 5.78 Å². The number of carbonyl (C=O) groups is 2. The summed E-state index contributed by atoms with van der Waals surface area (Å²) in [6.07, 6.45) is 10.6. The van der Waals surface area contributed by atoms with Crippen LogP contribution in [0.4, 0.5) is 0 Å². The predicted molar refractivity (Wildman–Crippen MR) is 66.6 cm³/mol. The van der Waals surface area contributed by atoms with Crippen LogP contribution >= 0.6 is 0 Å². The summed E-state index contributed by atoms with van der Waals surface area (Å²) in [5.74, 6) is -0.287. The third kappa shape index (κ3) is 5.48. The van der Waals surface area contributed by atoms with E-state index in [-0.39, 0.29) is 11.8 Å². The maximum atomic E-state index is 11.5. The molecule has 1 aliphatic carbocycles. The summed E-state index contributed by atoms with van der Waals surface area (Å²) in [5, 5.41) is 0. The molecule has 0 bridgehead atoms. The summed E-state index contributed by atoms with van der Waals surface area (Å²) in [6, 6.07) is 0. The summed E-state index contributed by atoms with van der Waals surface area (Å²) in [4.78, 5) is 22.4. The Bertz CT molecular complexity index is 326. The highest BCUT2D eigenvalue weighted by Gasteiger charge is 2.11. The number of hydrogen-bond acceptors (Lipinski definition) is 3. The van der Waals surface area contributed by atoms with Crippen LogP contribution in [-0.2, 0) is 14.3 Å². The van der Waals surface area contributed by atoms with Crippen molar-refractivity contribution in [2.24, 2.45) is 0 Å². The summed E-state index contributed by atoms with van der Waals surface area (Å²) in [6.45, 7) is 2.64. The monoisotopic (exact) mass is 236 g/mol. The molecule has 0 unspecified atom stereocenters. The van der Waals surface area contributed by atoms with E-state index in [1.807, 2.05) is 0 Å². The Labute approximate surface area is 103 Å². The van der Waals surface area contributed by atoms with Gasteiger partial charge in [-0.1, -0.05) is 38.7 Å². The van der Waals surface area contributed by atoms with Crippen LogP contribution in [0.15, 0.2) is 23.8 Å². The number of allylic oxidation sites excluding steroid dienone is 2. The number of rotatable bonds is 7. The van der Waals surface area contributed by atoms with Crippen LogP contribution in [0.2, 0.25) is 0 Å². The minimum Gasteiger partial charge on any atom is -0.462 e. The number of unbranched alkanes of at least 4 members (excludes halogenated alkanes) is 4. The number of hydrogen-bond donors (Lipinski definition) is 0. The van der Waals surface area contributed by atoms with Gasteiger partial charge in [0, 0.05) is 6.42 Å². The minimum absolute atomic E-state index is 0.0288. The van der Waals surface area contributed by atoms with Crippen molar-refractivity contribution in [2.75, 3.05) is 6.61 Å². The molecule has 17 heavy (non-hydrogen) atoms. The Morgan fingerprint density at radius 3 is 2.65 bits per heavy atom. The van der Waals surface area contributed by atoms with E-state index in [9.17, 15) is 9.59 Å². The quantitative estimate of drug-likeness (QED) is 0.504. The van der Waals surface area contributed by atoms with E-state index >= 15 is 0 Å². The second-order valence-corrected chi connectivity index (χ2v) is 4.21. The molecule has 0 radical (unpaired) electrons. The number of ketones is 1. The Morgan fingerprint density at radius 1 is 1.24 bits per heavy atom. The van der Waals surface area contributed by atoms with E-state index in [4.69, 9.17) is 4.74 Å². The van der Waals surface area contributed by atoms with E-state index in [2.05, 4.69) is 6.92 Å². The molecule has 0 amide bonds. The molecule has 0 aromatic carbocycles. The van der Waals surface area contributed by atoms with Gasteiger partial charge in [-0.25, -0.2) is 4.79 Å². The van der Waals surface area contributed by atoms with Gasteiger partial charge in [0.05, 0.1) is 12.2 Å². The van der Waals surface area contributed by atoms with E-state index in [0.717, 1.165) is 12.8 Å². The lowest BCUT2D eigenvalue weighted by Crippen LogP contribution is -2.10. The summed E-state index contributed by atoms with van der Waals surface area (Å²) < 4.78 is 5.13. The lowest BCUT2D eigenvalue weighted by Gasteiger charge is -2.07. The second kappa shape index (κ2) is 7.82. The summed E-state index contributed by atoms with van der Waals surface area (Å²) in [5.41, 5.74) is 0.498. The van der Waals surface area contributed by atoms with E-state index < -0.39 is 0 Å². The smallest absolute Gasteiger partial charge is 0.337 e. The predicted octanol–water partition coefficient (Wildman–Crippen LogP) is 2.96. The van der Waals surface area contributed by atoms with E-state index in [0.29, 0.717) is 18.6 Å². The second-order valence-electron chi connectivity index (χ2n) is 4.21. The average Bonchev–Trinajstić information content (AvgIpc) is 2.34. The Kier molecular flexibility index (Phi) is 6.30. The summed E-state index contributed by atoms with van der Waals surface area (Å²) >= 11 is 0. The van der Waals surface area contributed by atoms with Crippen molar-refractivity contribution in [3.8, 4) is 0 Å². The molecule has 0 saturated heterocycles. The number of carbonyl (C=O) groups excluding carboxylic acids is 2. The highest BCUT2D eigenvalue weighted by Crippen LogP contribution is 2.10. The fraction of sp³-hybridized carbons (Fsp3) is 0.571. The zero-order valence-electron chi connectivity index (χ0n) is 10.4. The zero-order chi connectivity index (χ0) is 12.5. The van der Waals surface area contributed by atoms with Crippen molar-refractivity contribution in [2.45, 2.75) is 45.4 Å². The summed E-state index contributed by atoms with van der Waals surface area (Å²) in [7, 11) is 0. The van der Waals surface area contributed by atoms with Crippen LogP contribution in [-0.4, -0.2) is 18.4 Å². The van der Waals surface area contributed by atoms with Crippen LogP contribution in [0.3, 0.4) is 0 Å². The Balaban J connectivity index is 2.13. The molecular weight excluding hydrogens is 216 g/mol. The normalized spacial score (nSPS) is 14.6. The first-order chi connectivity index (χ1) is 8.24. The number of esters is 1. The molecule has 0 saturated carbocycles. The van der Waals surface area contributed by atoms with Gasteiger partial charge >= 0.3 is 5.97 Å². The molecule has 0 aromatic heterocycles. The van der Waals surface area contributed by atoms with Crippen LogP contribution in [0.5, 0.6) is 0 Å². The molecule has 0 aromatic rings. The van der Waals surface area contributed by atoms with Crippen molar-refractivity contribution in [1.29, 1.82) is 0 Å². The lowest BCUT2D eigenvalue weighted by atomic mass is 10.1. The maximum absolute atomic E-state index is 11.5. The van der Waals surface area contributed by atoms with Gasteiger partial charge < -0.3 is 4.74 Å². The van der Waals surface area contributed by atoms with E-state index in [1.54, 1.807) is 6.08 Å². The fourth-order valence-electron chi connectivity index (χ4n) is 1.63. The molecule has 3 heteroatoms. The molecule has 0 aliphatic heterocycles. The van der Waals surface area contributed by atoms with Gasteiger partial charge in [0.2, 0.25) is 0 Å². The molecule has 0 atom stereocenters. The first-order valence-corrected chi connectivity index (χ1v) is 6.32. The largest absolute Gasteiger partial charge is 0.462 e. The first kappa shape index (κ1) is 13.7. The van der Waals surface area contributed by atoms with Gasteiger partial charge in [0.25, 0.3) is 0 Å². The number of ether oxygens (including phenoxy) is 1. The third-order valence-electron chi connectivity index (χ3n) is 2.69. The molecular formula is C14H20O3. The maximum Gasteiger partial charge on any atom is 0.337 e. The molecule has 94 valence electrons. The molecule has 3 nitrogen and oxygen atoms in total. The first-order valence-electron chi connectivity index (χ1n) is 6.32. The van der Waals surface area contributed by atoms with Crippen molar-refractivity contribution in [3.05, 3.63) is 23.8 Å². The molecule has 0 heterocycles. The third-order valence-corrected chi connectivity index (χ3v) is 2.69. The van der Waals surface area contributed by atoms with Crippen molar-refractivity contribution in [3.63, 3.8) is 0 Å². The van der Waals surface area contributed by atoms with Crippen molar-refractivity contribution < 1.29 is 14.3 Å². The van der Waals surface area contributed by atoms with Crippen LogP contribution in [0, 0.1) is 0 Å². The highest BCUT2D eigenvalue weighted by molar-refractivity contribution is 6.00. The van der Waals surface area contributed by atoms with Gasteiger partial charge in [-0.3, -0.25) is 4.79 Å². The van der Waals surface area contributed by atoms with E-state index in [1.165, 1.54) is 31.4 Å². The van der Waals surface area contributed by atoms with Crippen LogP contribution < -0.4 is 0 Å². The topological polar surface area (TPSA) is 43.4 Å². The van der Waals surface area contributed by atoms with Gasteiger partial charge in [-0.15, -0.1) is 0 Å². The van der Waals surface area contributed by atoms with Crippen molar-refractivity contribution in [1.82, 2.24) is 0 Å². The SMILES string of the molecule is CCCCCCCOC(=O)C1=CCC(=O)C=C1. The Morgan fingerprint density at radius 2 is 2.00 bits per heavy atom. The molecule has 0 N–H and O–H groups in total. The minimum atomic E-state index is -0.316. The standard InChI is InChI=1S/C14H20O3/c1-2-3-4-5-6-11-17-14(16)12-7-9-13(15)10-8-12/h7-9H,2-6,10-11H2,1H3. The van der Waals surface area contributed by atoms with Gasteiger partial charge in [0.1, 0.15) is 0 Å². The van der Waals surface area contributed by atoms with Gasteiger partial charge in [-0.05, 0) is 18.6 Å². The van der Waals surface area contributed by atoms with Crippen LogP contribution in [0.1, 0.15) is 45.4 Å².